The largest absolute Gasteiger partial charge is 0.493 e. The van der Waals surface area contributed by atoms with E-state index in [1.54, 1.807) is 6.07 Å². The molecule has 5 aromatic rings. The number of aromatic nitrogens is 3. The van der Waals surface area contributed by atoms with Crippen molar-refractivity contribution < 1.29 is 23.8 Å². The summed E-state index contributed by atoms with van der Waals surface area (Å²) in [6, 6.07) is 13.8. The van der Waals surface area contributed by atoms with Gasteiger partial charge in [-0.2, -0.15) is 5.10 Å². The Balaban J connectivity index is 1.30. The molecule has 1 unspecified atom stereocenters. The molecule has 1 fully saturated rings. The van der Waals surface area contributed by atoms with E-state index in [9.17, 15) is 14.3 Å². The Morgan fingerprint density at radius 2 is 1.96 bits per heavy atom. The van der Waals surface area contributed by atoms with Crippen LogP contribution in [-0.4, -0.2) is 77.2 Å². The molecule has 0 radical (unpaired) electrons. The molecule has 1 saturated heterocycles. The third-order valence-electron chi connectivity index (χ3n) is 9.00. The summed E-state index contributed by atoms with van der Waals surface area (Å²) in [7, 11) is 3.86. The third kappa shape index (κ3) is 6.35. The summed E-state index contributed by atoms with van der Waals surface area (Å²) in [5.74, 6) is -0.670. The molecule has 0 saturated carbocycles. The lowest BCUT2D eigenvalue weighted by molar-refractivity contribution is 0.0362. The highest BCUT2D eigenvalue weighted by Crippen LogP contribution is 2.42. The number of halogens is 2. The summed E-state index contributed by atoms with van der Waals surface area (Å²) in [4.78, 5) is 18.1. The van der Waals surface area contributed by atoms with Crippen LogP contribution in [0.5, 0.6) is 5.75 Å². The smallest absolute Gasteiger partial charge is 0.352 e. The maximum absolute atomic E-state index is 13.7. The average molecular weight is 648 g/mol. The number of nitrogens with one attached hydrogen (secondary N) is 2. The molecular formula is C35H39ClFN5O4. The number of ether oxygens (including phenoxy) is 2. The molecular weight excluding hydrogens is 609 g/mol. The Hall–Kier alpha value is -3.96. The number of rotatable bonds is 12. The van der Waals surface area contributed by atoms with Gasteiger partial charge in [0.05, 0.1) is 42.1 Å². The van der Waals surface area contributed by atoms with Crippen LogP contribution in [0.25, 0.3) is 32.8 Å². The second kappa shape index (κ2) is 13.8. The highest BCUT2D eigenvalue weighted by molar-refractivity contribution is 6.35. The molecule has 1 aliphatic heterocycles. The van der Waals surface area contributed by atoms with E-state index >= 15 is 0 Å². The van der Waals surface area contributed by atoms with Crippen molar-refractivity contribution in [3.63, 3.8) is 0 Å². The van der Waals surface area contributed by atoms with Gasteiger partial charge in [-0.15, -0.1) is 0 Å². The van der Waals surface area contributed by atoms with Crippen molar-refractivity contribution in [1.29, 1.82) is 0 Å². The molecule has 3 heterocycles. The number of benzene rings is 3. The van der Waals surface area contributed by atoms with E-state index in [0.29, 0.717) is 41.3 Å². The van der Waals surface area contributed by atoms with Gasteiger partial charge in [-0.25, -0.2) is 9.18 Å². The molecule has 1 aliphatic rings. The Morgan fingerprint density at radius 3 is 2.72 bits per heavy atom. The topological polar surface area (TPSA) is 105 Å². The van der Waals surface area contributed by atoms with Crippen molar-refractivity contribution in [2.75, 3.05) is 46.5 Å². The van der Waals surface area contributed by atoms with E-state index in [1.807, 2.05) is 56.0 Å². The van der Waals surface area contributed by atoms with Crippen molar-refractivity contribution in [2.24, 2.45) is 7.05 Å². The monoisotopic (exact) mass is 647 g/mol. The molecule has 46 heavy (non-hydrogen) atoms. The maximum atomic E-state index is 13.7. The van der Waals surface area contributed by atoms with Crippen LogP contribution in [0.1, 0.15) is 46.3 Å². The zero-order valence-corrected chi connectivity index (χ0v) is 27.1. The summed E-state index contributed by atoms with van der Waals surface area (Å²) in [5.41, 5.74) is 4.98. The fraction of sp³-hybridized carbons (Fsp3) is 0.371. The van der Waals surface area contributed by atoms with Gasteiger partial charge in [-0.3, -0.25) is 9.58 Å². The molecule has 0 aliphatic carbocycles. The predicted octanol–water partition coefficient (Wildman–Crippen LogP) is 6.52. The van der Waals surface area contributed by atoms with Gasteiger partial charge in [0, 0.05) is 54.3 Å². The van der Waals surface area contributed by atoms with E-state index in [-0.39, 0.29) is 17.6 Å². The number of carbonyl (C=O) groups is 1. The minimum Gasteiger partial charge on any atom is -0.493 e. The first-order valence-corrected chi connectivity index (χ1v) is 16.0. The quantitative estimate of drug-likeness (QED) is 0.133. The zero-order chi connectivity index (χ0) is 32.4. The number of morpholine rings is 1. The summed E-state index contributed by atoms with van der Waals surface area (Å²) >= 11 is 6.94. The first-order valence-electron chi connectivity index (χ1n) is 15.7. The number of carboxylic acid groups (broad SMARTS) is 1. The molecule has 3 aromatic carbocycles. The Bertz CT molecular complexity index is 1880. The lowest BCUT2D eigenvalue weighted by Crippen LogP contribution is -2.38. The van der Waals surface area contributed by atoms with Gasteiger partial charge in [-0.1, -0.05) is 29.8 Å². The number of nitrogens with zero attached hydrogens (tertiary/aromatic N) is 3. The highest BCUT2D eigenvalue weighted by atomic mass is 35.5. The molecule has 0 bridgehead atoms. The molecule has 0 spiro atoms. The van der Waals surface area contributed by atoms with E-state index in [4.69, 9.17) is 26.2 Å². The number of aromatic carboxylic acids is 1. The maximum Gasteiger partial charge on any atom is 0.352 e. The number of aryl methyl sites for hydroxylation is 2. The number of fused-ring (bicyclic) bond motifs is 2. The van der Waals surface area contributed by atoms with Crippen LogP contribution in [-0.2, 0) is 18.2 Å². The van der Waals surface area contributed by atoms with Crippen molar-refractivity contribution in [2.45, 2.75) is 32.2 Å². The molecule has 6 rings (SSSR count). The van der Waals surface area contributed by atoms with Gasteiger partial charge in [0.2, 0.25) is 0 Å². The second-order valence-electron chi connectivity index (χ2n) is 11.8. The van der Waals surface area contributed by atoms with Crippen molar-refractivity contribution in [1.82, 2.24) is 25.0 Å². The summed E-state index contributed by atoms with van der Waals surface area (Å²) in [6.07, 6.45) is 1.89. The predicted molar refractivity (Wildman–Crippen MR) is 179 cm³/mol. The van der Waals surface area contributed by atoms with Crippen LogP contribution < -0.4 is 10.1 Å². The van der Waals surface area contributed by atoms with Gasteiger partial charge >= 0.3 is 5.97 Å². The Kier molecular flexibility index (Phi) is 9.60. The number of hydrogen-bond acceptors (Lipinski definition) is 6. The normalized spacial score (nSPS) is 14.7. The van der Waals surface area contributed by atoms with Gasteiger partial charge in [-0.05, 0) is 74.5 Å². The molecule has 3 N–H and O–H groups in total. The molecule has 9 nitrogen and oxygen atoms in total. The summed E-state index contributed by atoms with van der Waals surface area (Å²) in [6.45, 7) is 6.58. The first kappa shape index (κ1) is 32.0. The minimum absolute atomic E-state index is 0.0415. The highest BCUT2D eigenvalue weighted by Gasteiger charge is 2.28. The van der Waals surface area contributed by atoms with Crippen molar-refractivity contribution in [3.05, 3.63) is 82.0 Å². The number of aromatic amines is 1. The summed E-state index contributed by atoms with van der Waals surface area (Å²) in [5, 5.41) is 21.6. The standard InChI is InChI=1S/C35H39ClFN5O4/c1-21-30(34(40-41(21)3)28(38-2)13-14-42-15-18-45-19-16-42)31-27(36)12-11-26-25(33(35(43)44)39-32(26)31)7-5-17-46-29-8-4-6-22-20-23(37)9-10-24(22)29/h4,6,8-12,20,28,38-39H,5,7,13-19H2,1-3H3,(H,43,44). The van der Waals surface area contributed by atoms with E-state index < -0.39 is 5.97 Å². The average Bonchev–Trinajstić information content (AvgIpc) is 3.56. The van der Waals surface area contributed by atoms with E-state index in [1.165, 1.54) is 12.1 Å². The van der Waals surface area contributed by atoms with Crippen LogP contribution in [0.2, 0.25) is 5.02 Å². The lowest BCUT2D eigenvalue weighted by Gasteiger charge is -2.28. The second-order valence-corrected chi connectivity index (χ2v) is 12.2. The van der Waals surface area contributed by atoms with Crippen molar-refractivity contribution in [3.8, 4) is 16.9 Å². The number of H-pyrrole nitrogens is 1. The number of hydrogen-bond donors (Lipinski definition) is 3. The number of carboxylic acids is 1. The van der Waals surface area contributed by atoms with Gasteiger partial charge in [0.25, 0.3) is 0 Å². The summed E-state index contributed by atoms with van der Waals surface area (Å²) < 4.78 is 27.2. The Labute approximate surface area is 272 Å². The van der Waals surface area contributed by atoms with Crippen LogP contribution in [0.15, 0.2) is 48.5 Å². The van der Waals surface area contributed by atoms with Gasteiger partial charge in [0.15, 0.2) is 0 Å². The molecule has 242 valence electrons. The lowest BCUT2D eigenvalue weighted by atomic mass is 9.95. The van der Waals surface area contributed by atoms with Crippen LogP contribution >= 0.6 is 11.6 Å². The van der Waals surface area contributed by atoms with Crippen LogP contribution in [0, 0.1) is 12.7 Å². The van der Waals surface area contributed by atoms with E-state index in [0.717, 1.165) is 77.9 Å². The SMILES string of the molecule is CNC(CCN1CCOCC1)c1nn(C)c(C)c1-c1c(Cl)ccc2c(CCCOc3cccc4cc(F)ccc34)c(C(=O)O)[nH]c12. The minimum atomic E-state index is -1.04. The van der Waals surface area contributed by atoms with Gasteiger partial charge in [0.1, 0.15) is 17.3 Å². The molecule has 11 heteroatoms. The van der Waals surface area contributed by atoms with Crippen molar-refractivity contribution >= 4 is 39.2 Å². The van der Waals surface area contributed by atoms with Crippen LogP contribution in [0.4, 0.5) is 4.39 Å². The third-order valence-corrected chi connectivity index (χ3v) is 9.32. The van der Waals surface area contributed by atoms with Gasteiger partial charge < -0.3 is 24.9 Å². The molecule has 1 atom stereocenters. The van der Waals surface area contributed by atoms with E-state index in [2.05, 4.69) is 15.2 Å². The zero-order valence-electron chi connectivity index (χ0n) is 26.3. The Morgan fingerprint density at radius 1 is 1.17 bits per heavy atom. The fourth-order valence-electron chi connectivity index (χ4n) is 6.50. The molecule has 0 amide bonds. The first-order chi connectivity index (χ1) is 22.3. The van der Waals surface area contributed by atoms with Crippen LogP contribution in [0.3, 0.4) is 0 Å². The fourth-order valence-corrected chi connectivity index (χ4v) is 6.75. The molecule has 2 aromatic heterocycles.